The Morgan fingerprint density at radius 2 is 2.04 bits per heavy atom. The maximum Gasteiger partial charge on any atom is 0.254 e. The SMILES string of the molecule is Cc1ccc(Sc2ncccc2C(=O)NCCS(C)=O)cc1C. The number of aryl methyl sites for hydroxylation is 2. The van der Waals surface area contributed by atoms with E-state index in [0.717, 1.165) is 4.90 Å². The lowest BCUT2D eigenvalue weighted by Crippen LogP contribution is -2.28. The van der Waals surface area contributed by atoms with Gasteiger partial charge in [0.05, 0.1) is 5.56 Å². The Balaban J connectivity index is 2.15. The van der Waals surface area contributed by atoms with Crippen LogP contribution in [0.15, 0.2) is 46.5 Å². The lowest BCUT2D eigenvalue weighted by molar-refractivity contribution is 0.0952. The summed E-state index contributed by atoms with van der Waals surface area (Å²) in [5, 5.41) is 3.46. The van der Waals surface area contributed by atoms with Gasteiger partial charge < -0.3 is 5.32 Å². The average molecular weight is 348 g/mol. The first-order valence-corrected chi connectivity index (χ1v) is 9.80. The van der Waals surface area contributed by atoms with Gasteiger partial charge in [-0.15, -0.1) is 0 Å². The Labute approximate surface area is 143 Å². The van der Waals surface area contributed by atoms with Crippen LogP contribution >= 0.6 is 11.8 Å². The molecule has 1 heterocycles. The van der Waals surface area contributed by atoms with E-state index >= 15 is 0 Å². The molecule has 1 N–H and O–H groups in total. The molecule has 2 rings (SSSR count). The van der Waals surface area contributed by atoms with E-state index in [1.54, 1.807) is 24.6 Å². The molecule has 6 heteroatoms. The molecule has 0 saturated heterocycles. The molecule has 0 saturated carbocycles. The van der Waals surface area contributed by atoms with E-state index < -0.39 is 10.8 Å². The number of benzene rings is 1. The molecule has 1 amide bonds. The second kappa shape index (κ2) is 8.26. The first-order chi connectivity index (χ1) is 11.0. The predicted octanol–water partition coefficient (Wildman–Crippen LogP) is 2.96. The maximum atomic E-state index is 12.3. The van der Waals surface area contributed by atoms with Crippen LogP contribution in [0.1, 0.15) is 21.5 Å². The lowest BCUT2D eigenvalue weighted by Gasteiger charge is -2.09. The number of hydrogen-bond donors (Lipinski definition) is 1. The summed E-state index contributed by atoms with van der Waals surface area (Å²) >= 11 is 1.47. The van der Waals surface area contributed by atoms with Crippen molar-refractivity contribution < 1.29 is 9.00 Å². The number of carbonyl (C=O) groups is 1. The second-order valence-electron chi connectivity index (χ2n) is 5.24. The van der Waals surface area contributed by atoms with Crippen LogP contribution in [-0.4, -0.2) is 33.7 Å². The molecule has 2 aromatic rings. The van der Waals surface area contributed by atoms with Crippen LogP contribution in [0.2, 0.25) is 0 Å². The highest BCUT2D eigenvalue weighted by molar-refractivity contribution is 7.99. The molecule has 1 aromatic carbocycles. The molecule has 0 aliphatic rings. The van der Waals surface area contributed by atoms with Crippen molar-refractivity contribution in [2.75, 3.05) is 18.6 Å². The highest BCUT2D eigenvalue weighted by Crippen LogP contribution is 2.29. The van der Waals surface area contributed by atoms with Crippen LogP contribution in [0.25, 0.3) is 0 Å². The molecule has 1 aromatic heterocycles. The zero-order valence-electron chi connectivity index (χ0n) is 13.5. The van der Waals surface area contributed by atoms with Crippen molar-refractivity contribution in [3.63, 3.8) is 0 Å². The first kappa shape index (κ1) is 17.7. The third kappa shape index (κ3) is 5.18. The minimum absolute atomic E-state index is 0.185. The Kier molecular flexibility index (Phi) is 6.36. The predicted molar refractivity (Wildman–Crippen MR) is 95.5 cm³/mol. The van der Waals surface area contributed by atoms with Gasteiger partial charge in [-0.1, -0.05) is 17.8 Å². The molecule has 0 spiro atoms. The second-order valence-corrected chi connectivity index (χ2v) is 7.85. The first-order valence-electron chi connectivity index (χ1n) is 7.25. The molecular weight excluding hydrogens is 328 g/mol. The van der Waals surface area contributed by atoms with E-state index in [1.807, 2.05) is 6.07 Å². The van der Waals surface area contributed by atoms with Crippen molar-refractivity contribution >= 4 is 28.5 Å². The summed E-state index contributed by atoms with van der Waals surface area (Å²) in [6.07, 6.45) is 3.30. The Bertz CT molecular complexity index is 732. The van der Waals surface area contributed by atoms with Gasteiger partial charge in [0.25, 0.3) is 5.91 Å². The molecule has 0 aliphatic carbocycles. The largest absolute Gasteiger partial charge is 0.351 e. The summed E-state index contributed by atoms with van der Waals surface area (Å²) in [5.41, 5.74) is 2.99. The third-order valence-corrected chi connectivity index (χ3v) is 5.17. The minimum Gasteiger partial charge on any atom is -0.351 e. The van der Waals surface area contributed by atoms with E-state index in [-0.39, 0.29) is 5.91 Å². The number of nitrogens with one attached hydrogen (secondary N) is 1. The summed E-state index contributed by atoms with van der Waals surface area (Å²) in [7, 11) is -0.916. The monoisotopic (exact) mass is 348 g/mol. The van der Waals surface area contributed by atoms with E-state index in [0.29, 0.717) is 22.9 Å². The summed E-state index contributed by atoms with van der Waals surface area (Å²) < 4.78 is 11.1. The van der Waals surface area contributed by atoms with Crippen LogP contribution < -0.4 is 5.32 Å². The number of amides is 1. The van der Waals surface area contributed by atoms with Crippen molar-refractivity contribution in [2.45, 2.75) is 23.8 Å². The summed E-state index contributed by atoms with van der Waals surface area (Å²) in [5.74, 6) is 0.265. The molecule has 122 valence electrons. The van der Waals surface area contributed by atoms with Crippen molar-refractivity contribution in [1.29, 1.82) is 0 Å². The van der Waals surface area contributed by atoms with Crippen LogP contribution in [0.5, 0.6) is 0 Å². The van der Waals surface area contributed by atoms with Crippen molar-refractivity contribution in [2.24, 2.45) is 0 Å². The Morgan fingerprint density at radius 1 is 1.26 bits per heavy atom. The molecule has 0 aliphatic heterocycles. The molecular formula is C17H20N2O2S2. The van der Waals surface area contributed by atoms with E-state index in [2.05, 4.69) is 36.3 Å². The van der Waals surface area contributed by atoms with E-state index in [9.17, 15) is 9.00 Å². The van der Waals surface area contributed by atoms with Gasteiger partial charge >= 0.3 is 0 Å². The summed E-state index contributed by atoms with van der Waals surface area (Å²) in [4.78, 5) is 17.7. The minimum atomic E-state index is -0.916. The number of carbonyl (C=O) groups excluding carboxylic acids is 1. The molecule has 0 fully saturated rings. The van der Waals surface area contributed by atoms with Gasteiger partial charge in [0, 0.05) is 40.4 Å². The zero-order chi connectivity index (χ0) is 16.8. The van der Waals surface area contributed by atoms with Gasteiger partial charge in [0.1, 0.15) is 5.03 Å². The number of rotatable bonds is 6. The van der Waals surface area contributed by atoms with Gasteiger partial charge in [-0.2, -0.15) is 0 Å². The van der Waals surface area contributed by atoms with Gasteiger partial charge in [-0.3, -0.25) is 9.00 Å². The number of hydrogen-bond acceptors (Lipinski definition) is 4. The van der Waals surface area contributed by atoms with Gasteiger partial charge in [0.2, 0.25) is 0 Å². The standard InChI is InChI=1S/C17H20N2O2S2/c1-12-6-7-14(11-13(12)2)22-17-15(5-4-8-19-17)16(20)18-9-10-23(3)21/h4-8,11H,9-10H2,1-3H3,(H,18,20). The number of nitrogens with zero attached hydrogens (tertiary/aromatic N) is 1. The fraction of sp³-hybridized carbons (Fsp3) is 0.294. The van der Waals surface area contributed by atoms with E-state index in [4.69, 9.17) is 0 Å². The van der Waals surface area contributed by atoms with Gasteiger partial charge in [-0.25, -0.2) is 4.98 Å². The maximum absolute atomic E-state index is 12.3. The van der Waals surface area contributed by atoms with Crippen LogP contribution in [0.3, 0.4) is 0 Å². The molecule has 0 radical (unpaired) electrons. The molecule has 1 unspecified atom stereocenters. The van der Waals surface area contributed by atoms with Crippen LogP contribution in [-0.2, 0) is 10.8 Å². The highest BCUT2D eigenvalue weighted by atomic mass is 32.2. The van der Waals surface area contributed by atoms with Crippen molar-refractivity contribution in [3.8, 4) is 0 Å². The quantitative estimate of drug-likeness (QED) is 0.872. The van der Waals surface area contributed by atoms with E-state index in [1.165, 1.54) is 22.9 Å². The lowest BCUT2D eigenvalue weighted by atomic mass is 10.1. The number of aromatic nitrogens is 1. The normalized spacial score (nSPS) is 12.0. The van der Waals surface area contributed by atoms with Crippen LogP contribution in [0, 0.1) is 13.8 Å². The molecule has 0 bridgehead atoms. The average Bonchev–Trinajstić information content (AvgIpc) is 2.51. The van der Waals surface area contributed by atoms with Crippen molar-refractivity contribution in [1.82, 2.24) is 10.3 Å². The fourth-order valence-corrected chi connectivity index (χ4v) is 3.31. The fourth-order valence-electron chi connectivity index (χ4n) is 1.94. The Morgan fingerprint density at radius 3 is 2.74 bits per heavy atom. The van der Waals surface area contributed by atoms with Crippen molar-refractivity contribution in [3.05, 3.63) is 53.2 Å². The highest BCUT2D eigenvalue weighted by Gasteiger charge is 2.13. The summed E-state index contributed by atoms with van der Waals surface area (Å²) in [6, 6.07) is 9.70. The molecule has 23 heavy (non-hydrogen) atoms. The number of pyridine rings is 1. The van der Waals surface area contributed by atoms with Crippen LogP contribution in [0.4, 0.5) is 0 Å². The smallest absolute Gasteiger partial charge is 0.254 e. The molecule has 1 atom stereocenters. The zero-order valence-corrected chi connectivity index (χ0v) is 15.1. The third-order valence-electron chi connectivity index (χ3n) is 3.38. The Hall–Kier alpha value is -1.66. The van der Waals surface area contributed by atoms with Gasteiger partial charge in [-0.05, 0) is 49.2 Å². The molecule has 4 nitrogen and oxygen atoms in total. The van der Waals surface area contributed by atoms with Gasteiger partial charge in [0.15, 0.2) is 0 Å². The summed E-state index contributed by atoms with van der Waals surface area (Å²) in [6.45, 7) is 4.53. The topological polar surface area (TPSA) is 59.1 Å².